The highest BCUT2D eigenvalue weighted by Gasteiger charge is 2.23. The number of nitrogen functional groups attached to an aromatic ring is 2. The number of amides is 1. The Balaban J connectivity index is 1.61. The molecule has 1 amide bonds. The van der Waals surface area contributed by atoms with E-state index in [4.69, 9.17) is 27.3 Å². The molecule has 7 N–H and O–H groups in total. The van der Waals surface area contributed by atoms with Crippen LogP contribution in [0.1, 0.15) is 37.7 Å². The lowest BCUT2D eigenvalue weighted by Crippen LogP contribution is -2.26. The lowest BCUT2D eigenvalue weighted by molar-refractivity contribution is 0.0943. The SMILES string of the molecule is Cn1c(C(=O)NCc2cccc(N)c2C=N)c(C=N)c2sc(Cc3cccc(N)c3)nc21. The van der Waals surface area contributed by atoms with E-state index in [-0.39, 0.29) is 12.5 Å². The molecular formula is C23H23N7OS. The molecule has 2 heterocycles. The topological polar surface area (TPSA) is 147 Å². The highest BCUT2D eigenvalue weighted by molar-refractivity contribution is 7.19. The van der Waals surface area contributed by atoms with E-state index in [1.807, 2.05) is 30.3 Å². The van der Waals surface area contributed by atoms with E-state index in [0.717, 1.165) is 20.8 Å². The van der Waals surface area contributed by atoms with E-state index in [0.29, 0.717) is 40.3 Å². The Hall–Kier alpha value is -3.98. The Morgan fingerprint density at radius 2 is 1.91 bits per heavy atom. The van der Waals surface area contributed by atoms with Gasteiger partial charge in [0.15, 0.2) is 5.65 Å². The van der Waals surface area contributed by atoms with Gasteiger partial charge in [0.1, 0.15) is 10.7 Å². The van der Waals surface area contributed by atoms with Crippen molar-refractivity contribution in [3.63, 3.8) is 0 Å². The van der Waals surface area contributed by atoms with Crippen LogP contribution in [0.3, 0.4) is 0 Å². The first kappa shape index (κ1) is 21.3. The maximum atomic E-state index is 13.0. The van der Waals surface area contributed by atoms with Crippen LogP contribution in [0, 0.1) is 10.8 Å². The standard InChI is InChI=1S/C23H23N7OS/c1-30-20(23(31)28-12-14-5-3-7-18(27)16(14)10-24)17(11-25)21-22(30)29-19(32-21)9-13-4-2-6-15(26)8-13/h2-8,10-11,24-25H,9,12,26-27H2,1H3,(H,28,31). The molecule has 0 saturated carbocycles. The zero-order valence-electron chi connectivity index (χ0n) is 17.5. The molecule has 162 valence electrons. The molecule has 0 bridgehead atoms. The van der Waals surface area contributed by atoms with Crippen molar-refractivity contribution in [3.8, 4) is 0 Å². The first-order chi connectivity index (χ1) is 15.4. The van der Waals surface area contributed by atoms with Crippen molar-refractivity contribution in [2.75, 3.05) is 11.5 Å². The minimum absolute atomic E-state index is 0.221. The summed E-state index contributed by atoms with van der Waals surface area (Å²) < 4.78 is 2.53. The quantitative estimate of drug-likeness (QED) is 0.219. The average Bonchev–Trinajstić information content (AvgIpc) is 3.29. The minimum Gasteiger partial charge on any atom is -0.399 e. The van der Waals surface area contributed by atoms with Crippen LogP contribution < -0.4 is 16.8 Å². The first-order valence-electron chi connectivity index (χ1n) is 9.92. The third-order valence-corrected chi connectivity index (χ3v) is 6.36. The molecule has 0 aliphatic rings. The summed E-state index contributed by atoms with van der Waals surface area (Å²) >= 11 is 1.47. The Bertz CT molecular complexity index is 1350. The highest BCUT2D eigenvalue weighted by atomic mass is 32.1. The van der Waals surface area contributed by atoms with E-state index in [2.05, 4.69) is 5.32 Å². The minimum atomic E-state index is -0.313. The maximum Gasteiger partial charge on any atom is 0.268 e. The molecule has 4 aromatic rings. The van der Waals surface area contributed by atoms with Gasteiger partial charge in [0.05, 0.1) is 4.70 Å². The number of nitrogens with one attached hydrogen (secondary N) is 3. The fourth-order valence-electron chi connectivity index (χ4n) is 3.74. The van der Waals surface area contributed by atoms with E-state index >= 15 is 0 Å². The van der Waals surface area contributed by atoms with Crippen molar-refractivity contribution in [2.45, 2.75) is 13.0 Å². The lowest BCUT2D eigenvalue weighted by Gasteiger charge is -2.11. The van der Waals surface area contributed by atoms with Crippen molar-refractivity contribution in [3.05, 3.63) is 75.4 Å². The van der Waals surface area contributed by atoms with Crippen molar-refractivity contribution in [1.82, 2.24) is 14.9 Å². The number of fused-ring (bicyclic) bond motifs is 1. The van der Waals surface area contributed by atoms with Crippen LogP contribution in [0.25, 0.3) is 10.3 Å². The van der Waals surface area contributed by atoms with E-state index in [9.17, 15) is 4.79 Å². The average molecular weight is 446 g/mol. The Morgan fingerprint density at radius 1 is 1.16 bits per heavy atom. The number of nitrogens with zero attached hydrogens (tertiary/aromatic N) is 2. The van der Waals surface area contributed by atoms with Crippen molar-refractivity contribution < 1.29 is 4.79 Å². The molecule has 8 nitrogen and oxygen atoms in total. The molecule has 0 spiro atoms. The van der Waals surface area contributed by atoms with Gasteiger partial charge in [-0.15, -0.1) is 11.3 Å². The molecule has 0 aliphatic carbocycles. The number of aromatic nitrogens is 2. The molecule has 9 heteroatoms. The fourth-order valence-corrected chi connectivity index (χ4v) is 4.88. The monoisotopic (exact) mass is 445 g/mol. The fraction of sp³-hybridized carbons (Fsp3) is 0.130. The lowest BCUT2D eigenvalue weighted by atomic mass is 10.1. The summed E-state index contributed by atoms with van der Waals surface area (Å²) in [6.07, 6.45) is 3.01. The number of anilines is 2. The third kappa shape index (κ3) is 3.85. The smallest absolute Gasteiger partial charge is 0.268 e. The Labute approximate surface area is 188 Å². The van der Waals surface area contributed by atoms with Gasteiger partial charge >= 0.3 is 0 Å². The Morgan fingerprint density at radius 3 is 2.62 bits per heavy atom. The van der Waals surface area contributed by atoms with Gasteiger partial charge in [0, 0.05) is 54.9 Å². The Kier molecular flexibility index (Phi) is 5.74. The maximum absolute atomic E-state index is 13.0. The van der Waals surface area contributed by atoms with E-state index in [1.54, 1.807) is 23.7 Å². The summed E-state index contributed by atoms with van der Waals surface area (Å²) in [4.78, 5) is 17.7. The second kappa shape index (κ2) is 8.64. The van der Waals surface area contributed by atoms with Crippen LogP contribution in [0.2, 0.25) is 0 Å². The predicted molar refractivity (Wildman–Crippen MR) is 130 cm³/mol. The van der Waals surface area contributed by atoms with Gasteiger partial charge in [-0.25, -0.2) is 4.98 Å². The molecule has 0 radical (unpaired) electrons. The number of carbonyl (C=O) groups is 1. The van der Waals surface area contributed by atoms with Gasteiger partial charge in [0.25, 0.3) is 5.91 Å². The largest absolute Gasteiger partial charge is 0.399 e. The molecule has 4 rings (SSSR count). The number of hydrogen-bond acceptors (Lipinski definition) is 7. The van der Waals surface area contributed by atoms with Gasteiger partial charge in [-0.3, -0.25) is 4.79 Å². The zero-order chi connectivity index (χ0) is 22.8. The summed E-state index contributed by atoms with van der Waals surface area (Å²) in [5.41, 5.74) is 17.0. The molecule has 2 aromatic heterocycles. The van der Waals surface area contributed by atoms with Gasteiger partial charge in [-0.05, 0) is 29.3 Å². The number of benzene rings is 2. The van der Waals surface area contributed by atoms with Gasteiger partial charge in [-0.1, -0.05) is 24.3 Å². The van der Waals surface area contributed by atoms with Crippen LogP contribution >= 0.6 is 11.3 Å². The number of nitrogens with two attached hydrogens (primary N) is 2. The number of hydrogen-bond donors (Lipinski definition) is 5. The number of carbonyl (C=O) groups excluding carboxylic acids is 1. The van der Waals surface area contributed by atoms with Crippen LogP contribution in [-0.4, -0.2) is 27.9 Å². The number of aryl methyl sites for hydroxylation is 1. The summed E-state index contributed by atoms with van der Waals surface area (Å²) in [5.74, 6) is -0.313. The van der Waals surface area contributed by atoms with Crippen molar-refractivity contribution >= 4 is 51.4 Å². The summed E-state index contributed by atoms with van der Waals surface area (Å²) in [6, 6.07) is 13.0. The molecular weight excluding hydrogens is 422 g/mol. The third-order valence-electron chi connectivity index (χ3n) is 5.29. The highest BCUT2D eigenvalue weighted by Crippen LogP contribution is 2.31. The summed E-state index contributed by atoms with van der Waals surface area (Å²) in [5, 5.41) is 19.3. The molecule has 32 heavy (non-hydrogen) atoms. The molecule has 0 saturated heterocycles. The molecule has 0 aliphatic heterocycles. The van der Waals surface area contributed by atoms with E-state index in [1.165, 1.54) is 23.8 Å². The van der Waals surface area contributed by atoms with Crippen LogP contribution in [-0.2, 0) is 20.0 Å². The predicted octanol–water partition coefficient (Wildman–Crippen LogP) is 3.32. The summed E-state index contributed by atoms with van der Waals surface area (Å²) in [7, 11) is 1.78. The van der Waals surface area contributed by atoms with Gasteiger partial charge in [0.2, 0.25) is 0 Å². The van der Waals surface area contributed by atoms with Crippen LogP contribution in [0.5, 0.6) is 0 Å². The van der Waals surface area contributed by atoms with E-state index < -0.39 is 0 Å². The second-order valence-electron chi connectivity index (χ2n) is 7.39. The van der Waals surface area contributed by atoms with Crippen molar-refractivity contribution in [1.29, 1.82) is 10.8 Å². The number of rotatable bonds is 7. The van der Waals surface area contributed by atoms with Crippen molar-refractivity contribution in [2.24, 2.45) is 7.05 Å². The van der Waals surface area contributed by atoms with Crippen LogP contribution in [0.4, 0.5) is 11.4 Å². The molecule has 0 unspecified atom stereocenters. The normalized spacial score (nSPS) is 10.9. The summed E-state index contributed by atoms with van der Waals surface area (Å²) in [6.45, 7) is 0.221. The molecule has 0 atom stereocenters. The first-order valence-corrected chi connectivity index (χ1v) is 10.7. The van der Waals surface area contributed by atoms with Gasteiger partial charge < -0.3 is 32.2 Å². The second-order valence-corrected chi connectivity index (χ2v) is 8.48. The van der Waals surface area contributed by atoms with Crippen LogP contribution in [0.15, 0.2) is 42.5 Å². The molecule has 2 aromatic carbocycles. The zero-order valence-corrected chi connectivity index (χ0v) is 18.3. The number of thiazole rings is 1. The van der Waals surface area contributed by atoms with Gasteiger partial charge in [-0.2, -0.15) is 0 Å². The molecule has 0 fully saturated rings.